The van der Waals surface area contributed by atoms with E-state index in [1.165, 1.54) is 0 Å². The van der Waals surface area contributed by atoms with Crippen molar-refractivity contribution >= 4 is 11.6 Å². The SMILES string of the molecule is NCC1(C(=O)Nc2ccccc2-n2cccn2)CCC1. The second kappa shape index (κ2) is 5.09. The number of nitrogens with one attached hydrogen (secondary N) is 1. The minimum absolute atomic E-state index is 0.0193. The summed E-state index contributed by atoms with van der Waals surface area (Å²) in [7, 11) is 0. The van der Waals surface area contributed by atoms with E-state index >= 15 is 0 Å². The van der Waals surface area contributed by atoms with Gasteiger partial charge in [-0.2, -0.15) is 5.10 Å². The predicted molar refractivity (Wildman–Crippen MR) is 77.5 cm³/mol. The Morgan fingerprint density at radius 2 is 2.15 bits per heavy atom. The van der Waals surface area contributed by atoms with Crippen LogP contribution in [0, 0.1) is 5.41 Å². The summed E-state index contributed by atoms with van der Waals surface area (Å²) in [6, 6.07) is 9.50. The number of benzene rings is 1. The van der Waals surface area contributed by atoms with Gasteiger partial charge in [0.25, 0.3) is 0 Å². The molecule has 1 aliphatic rings. The number of nitrogens with two attached hydrogens (primary N) is 1. The van der Waals surface area contributed by atoms with E-state index < -0.39 is 0 Å². The van der Waals surface area contributed by atoms with Crippen LogP contribution in [-0.4, -0.2) is 22.2 Å². The van der Waals surface area contributed by atoms with Crippen LogP contribution in [0.25, 0.3) is 5.69 Å². The number of anilines is 1. The Balaban J connectivity index is 1.86. The van der Waals surface area contributed by atoms with Gasteiger partial charge in [0.05, 0.1) is 16.8 Å². The first-order chi connectivity index (χ1) is 9.75. The molecule has 0 atom stereocenters. The Kier molecular flexibility index (Phi) is 3.28. The van der Waals surface area contributed by atoms with Crippen molar-refractivity contribution in [1.82, 2.24) is 9.78 Å². The van der Waals surface area contributed by atoms with Gasteiger partial charge in [0.15, 0.2) is 0 Å². The molecule has 1 fully saturated rings. The Labute approximate surface area is 117 Å². The van der Waals surface area contributed by atoms with Crippen LogP contribution in [0.2, 0.25) is 0 Å². The molecule has 2 aromatic rings. The van der Waals surface area contributed by atoms with E-state index in [0.717, 1.165) is 30.6 Å². The zero-order valence-corrected chi connectivity index (χ0v) is 11.2. The zero-order valence-electron chi connectivity index (χ0n) is 11.2. The zero-order chi connectivity index (χ0) is 14.0. The minimum atomic E-state index is -0.378. The Hall–Kier alpha value is -2.14. The molecule has 3 N–H and O–H groups in total. The summed E-state index contributed by atoms with van der Waals surface area (Å²) >= 11 is 0. The topological polar surface area (TPSA) is 72.9 Å². The van der Waals surface area contributed by atoms with Gasteiger partial charge in [-0.15, -0.1) is 0 Å². The molecule has 1 saturated carbocycles. The van der Waals surface area contributed by atoms with E-state index in [1.807, 2.05) is 36.5 Å². The number of hydrogen-bond donors (Lipinski definition) is 2. The molecule has 0 bridgehead atoms. The summed E-state index contributed by atoms with van der Waals surface area (Å²) in [4.78, 5) is 12.4. The van der Waals surface area contributed by atoms with E-state index in [-0.39, 0.29) is 11.3 Å². The van der Waals surface area contributed by atoms with Gasteiger partial charge in [-0.05, 0) is 31.0 Å². The molecule has 0 aliphatic heterocycles. The number of carbonyl (C=O) groups excluding carboxylic acids is 1. The van der Waals surface area contributed by atoms with E-state index in [9.17, 15) is 4.79 Å². The van der Waals surface area contributed by atoms with Crippen molar-refractivity contribution in [1.29, 1.82) is 0 Å². The summed E-state index contributed by atoms with van der Waals surface area (Å²) in [5, 5.41) is 7.22. The predicted octanol–water partition coefficient (Wildman–Crippen LogP) is 1.94. The largest absolute Gasteiger partial charge is 0.329 e. The molecule has 0 radical (unpaired) electrons. The highest BCUT2D eigenvalue weighted by Crippen LogP contribution is 2.41. The van der Waals surface area contributed by atoms with Crippen LogP contribution >= 0.6 is 0 Å². The lowest BCUT2D eigenvalue weighted by molar-refractivity contribution is -0.129. The third-order valence-electron chi connectivity index (χ3n) is 4.09. The van der Waals surface area contributed by atoms with Gasteiger partial charge in [0.2, 0.25) is 5.91 Å². The van der Waals surface area contributed by atoms with Crippen molar-refractivity contribution in [3.63, 3.8) is 0 Å². The summed E-state index contributed by atoms with van der Waals surface area (Å²) in [6.07, 6.45) is 6.39. The van der Waals surface area contributed by atoms with E-state index in [0.29, 0.717) is 6.54 Å². The molecule has 104 valence electrons. The van der Waals surface area contributed by atoms with Crippen molar-refractivity contribution in [2.24, 2.45) is 11.1 Å². The molecule has 0 saturated heterocycles. The molecule has 5 heteroatoms. The van der Waals surface area contributed by atoms with Gasteiger partial charge in [-0.25, -0.2) is 4.68 Å². The molecule has 5 nitrogen and oxygen atoms in total. The molecule has 1 aliphatic carbocycles. The molecular weight excluding hydrogens is 252 g/mol. The molecular formula is C15H18N4O. The number of para-hydroxylation sites is 2. The fourth-order valence-corrected chi connectivity index (χ4v) is 2.57. The van der Waals surface area contributed by atoms with Crippen LogP contribution in [0.5, 0.6) is 0 Å². The lowest BCUT2D eigenvalue weighted by Gasteiger charge is -2.39. The normalized spacial score (nSPS) is 16.4. The molecule has 20 heavy (non-hydrogen) atoms. The third-order valence-corrected chi connectivity index (χ3v) is 4.09. The van der Waals surface area contributed by atoms with Crippen LogP contribution in [0.4, 0.5) is 5.69 Å². The van der Waals surface area contributed by atoms with Crippen LogP contribution in [0.1, 0.15) is 19.3 Å². The van der Waals surface area contributed by atoms with E-state index in [2.05, 4.69) is 10.4 Å². The highest BCUT2D eigenvalue weighted by atomic mass is 16.2. The Morgan fingerprint density at radius 3 is 2.75 bits per heavy atom. The maximum atomic E-state index is 12.4. The molecule has 0 unspecified atom stereocenters. The van der Waals surface area contributed by atoms with Gasteiger partial charge in [-0.1, -0.05) is 18.6 Å². The average molecular weight is 270 g/mol. The van der Waals surface area contributed by atoms with Gasteiger partial charge in [0, 0.05) is 18.9 Å². The van der Waals surface area contributed by atoms with Gasteiger partial charge in [0.1, 0.15) is 0 Å². The van der Waals surface area contributed by atoms with Crippen LogP contribution in [0.3, 0.4) is 0 Å². The number of rotatable bonds is 4. The van der Waals surface area contributed by atoms with Crippen LogP contribution in [0.15, 0.2) is 42.7 Å². The summed E-state index contributed by atoms with van der Waals surface area (Å²) in [5.41, 5.74) is 7.02. The Morgan fingerprint density at radius 1 is 1.35 bits per heavy atom. The standard InChI is InChI=1S/C15H18N4O/c16-11-15(7-3-8-15)14(20)18-12-5-1-2-6-13(12)19-10-4-9-17-19/h1-2,4-6,9-10H,3,7-8,11,16H2,(H,18,20). The molecule has 1 aromatic heterocycles. The first-order valence-corrected chi connectivity index (χ1v) is 6.86. The van der Waals surface area contributed by atoms with Gasteiger partial charge < -0.3 is 11.1 Å². The first-order valence-electron chi connectivity index (χ1n) is 6.86. The highest BCUT2D eigenvalue weighted by Gasteiger charge is 2.42. The van der Waals surface area contributed by atoms with E-state index in [1.54, 1.807) is 10.9 Å². The van der Waals surface area contributed by atoms with Crippen LogP contribution < -0.4 is 11.1 Å². The molecule has 0 spiro atoms. The average Bonchev–Trinajstić information content (AvgIpc) is 2.92. The van der Waals surface area contributed by atoms with Crippen molar-refractivity contribution in [3.05, 3.63) is 42.7 Å². The maximum absolute atomic E-state index is 12.4. The fraction of sp³-hybridized carbons (Fsp3) is 0.333. The second-order valence-corrected chi connectivity index (χ2v) is 5.26. The van der Waals surface area contributed by atoms with Crippen molar-refractivity contribution in [3.8, 4) is 5.69 Å². The van der Waals surface area contributed by atoms with Gasteiger partial charge in [-0.3, -0.25) is 4.79 Å². The van der Waals surface area contributed by atoms with Crippen molar-refractivity contribution < 1.29 is 4.79 Å². The molecule has 1 heterocycles. The molecule has 3 rings (SSSR count). The summed E-state index contributed by atoms with van der Waals surface area (Å²) in [5.74, 6) is 0.0193. The van der Waals surface area contributed by atoms with Crippen molar-refractivity contribution in [2.45, 2.75) is 19.3 Å². The second-order valence-electron chi connectivity index (χ2n) is 5.26. The lowest BCUT2D eigenvalue weighted by atomic mass is 9.68. The number of aromatic nitrogens is 2. The Bertz CT molecular complexity index is 597. The third kappa shape index (κ3) is 2.10. The smallest absolute Gasteiger partial charge is 0.231 e. The summed E-state index contributed by atoms with van der Waals surface area (Å²) < 4.78 is 1.74. The first kappa shape index (κ1) is 12.9. The van der Waals surface area contributed by atoms with Gasteiger partial charge >= 0.3 is 0 Å². The molecule has 1 aromatic carbocycles. The lowest BCUT2D eigenvalue weighted by Crippen LogP contribution is -2.47. The maximum Gasteiger partial charge on any atom is 0.231 e. The number of carbonyl (C=O) groups is 1. The summed E-state index contributed by atoms with van der Waals surface area (Å²) in [6.45, 7) is 0.406. The number of hydrogen-bond acceptors (Lipinski definition) is 3. The van der Waals surface area contributed by atoms with E-state index in [4.69, 9.17) is 5.73 Å². The van der Waals surface area contributed by atoms with Crippen LogP contribution in [-0.2, 0) is 4.79 Å². The minimum Gasteiger partial charge on any atom is -0.329 e. The monoisotopic (exact) mass is 270 g/mol. The number of amides is 1. The quantitative estimate of drug-likeness (QED) is 0.891. The van der Waals surface area contributed by atoms with Crippen molar-refractivity contribution in [2.75, 3.05) is 11.9 Å². The number of nitrogens with zero attached hydrogens (tertiary/aromatic N) is 2. The fourth-order valence-electron chi connectivity index (χ4n) is 2.57. The molecule has 1 amide bonds. The highest BCUT2D eigenvalue weighted by molar-refractivity contribution is 5.97.